The molecule has 4 nitrogen and oxygen atoms in total. The fourth-order valence-corrected chi connectivity index (χ4v) is 1.70. The summed E-state index contributed by atoms with van der Waals surface area (Å²) in [6.45, 7) is 0. The first-order valence-corrected chi connectivity index (χ1v) is 5.56. The van der Waals surface area contributed by atoms with Gasteiger partial charge < -0.3 is 14.7 Å². The summed E-state index contributed by atoms with van der Waals surface area (Å²) < 4.78 is 15.0. The van der Waals surface area contributed by atoms with Crippen molar-refractivity contribution in [3.05, 3.63) is 42.5 Å². The molecular weight excluding hydrogens is 239 g/mol. The fraction of sp³-hybridized carbons (Fsp3) is 0. The van der Waals surface area contributed by atoms with Gasteiger partial charge in [0.1, 0.15) is 17.2 Å². The second-order valence-electron chi connectivity index (χ2n) is 3.39. The summed E-state index contributed by atoms with van der Waals surface area (Å²) in [5.41, 5.74) is 1.25. The monoisotopic (exact) mass is 248 g/mol. The molecule has 86 valence electrons. The topological polar surface area (TPSA) is 66.8 Å². The Kier molecular flexibility index (Phi) is 3.26. The van der Waals surface area contributed by atoms with E-state index in [0.29, 0.717) is 11.3 Å². The molecule has 0 amide bonds. The van der Waals surface area contributed by atoms with Crippen LogP contribution in [-0.2, 0) is 4.57 Å². The zero-order valence-electron chi connectivity index (χ0n) is 8.70. The van der Waals surface area contributed by atoms with Crippen LogP contribution in [0.1, 0.15) is 0 Å². The molecule has 0 bridgehead atoms. The Bertz CT molecular complexity index is 537. The highest BCUT2D eigenvalue weighted by atomic mass is 31.1. The van der Waals surface area contributed by atoms with Crippen LogP contribution in [0.3, 0.4) is 0 Å². The molecule has 0 fully saturated rings. The van der Waals surface area contributed by atoms with Crippen LogP contribution in [0.25, 0.3) is 11.1 Å². The van der Waals surface area contributed by atoms with Crippen molar-refractivity contribution in [3.63, 3.8) is 0 Å². The maximum Gasteiger partial charge on any atom is 0.395 e. The number of hydrogen-bond acceptors (Lipinski definition) is 4. The second kappa shape index (κ2) is 4.85. The van der Waals surface area contributed by atoms with Crippen LogP contribution in [0.2, 0.25) is 0 Å². The van der Waals surface area contributed by atoms with Gasteiger partial charge in [-0.2, -0.15) is 0 Å². The van der Waals surface area contributed by atoms with Gasteiger partial charge >= 0.3 is 8.69 Å². The molecule has 17 heavy (non-hydrogen) atoms. The molecule has 2 aromatic rings. The number of phenols is 2. The molecule has 0 aliphatic heterocycles. The van der Waals surface area contributed by atoms with Crippen molar-refractivity contribution >= 4 is 8.69 Å². The minimum absolute atomic E-state index is 0.0798. The molecule has 0 aromatic heterocycles. The smallest absolute Gasteiger partial charge is 0.395 e. The normalized spacial score (nSPS) is 10.4. The molecule has 0 saturated heterocycles. The van der Waals surface area contributed by atoms with E-state index < -0.39 is 8.69 Å². The molecule has 2 N–H and O–H groups in total. The summed E-state index contributed by atoms with van der Waals surface area (Å²) in [4.78, 5) is 0. The number of benzene rings is 2. The van der Waals surface area contributed by atoms with Gasteiger partial charge in [-0.1, -0.05) is 12.1 Å². The van der Waals surface area contributed by atoms with Gasteiger partial charge in [-0.25, -0.2) is 4.57 Å². The Labute approximate surface area is 99.4 Å². The van der Waals surface area contributed by atoms with E-state index in [9.17, 15) is 14.8 Å². The van der Waals surface area contributed by atoms with Crippen molar-refractivity contribution in [2.45, 2.75) is 0 Å². The molecule has 0 saturated carbocycles. The summed E-state index contributed by atoms with van der Waals surface area (Å²) in [6, 6.07) is 11.0. The van der Waals surface area contributed by atoms with Gasteiger partial charge in [0.15, 0.2) is 0 Å². The van der Waals surface area contributed by atoms with Crippen LogP contribution < -0.4 is 4.52 Å². The summed E-state index contributed by atoms with van der Waals surface area (Å²) in [7, 11) is -0.411. The van der Waals surface area contributed by atoms with Gasteiger partial charge in [-0.3, -0.25) is 0 Å². The van der Waals surface area contributed by atoms with E-state index in [0.717, 1.165) is 5.56 Å². The molecule has 0 atom stereocenters. The largest absolute Gasteiger partial charge is 0.508 e. The molecule has 0 unspecified atom stereocenters. The minimum atomic E-state index is -0.411. The van der Waals surface area contributed by atoms with Gasteiger partial charge in [0.25, 0.3) is 0 Å². The van der Waals surface area contributed by atoms with Gasteiger partial charge in [-0.15, -0.1) is 0 Å². The summed E-state index contributed by atoms with van der Waals surface area (Å²) in [5.74, 6) is 0.625. The van der Waals surface area contributed by atoms with Crippen LogP contribution in [0.15, 0.2) is 42.5 Å². The Balaban J connectivity index is 2.39. The third-order valence-electron chi connectivity index (χ3n) is 2.29. The van der Waals surface area contributed by atoms with Gasteiger partial charge in [0, 0.05) is 5.56 Å². The van der Waals surface area contributed by atoms with Gasteiger partial charge in [-0.05, 0) is 35.9 Å². The van der Waals surface area contributed by atoms with E-state index in [-0.39, 0.29) is 11.5 Å². The first kappa shape index (κ1) is 11.4. The highest BCUT2D eigenvalue weighted by Gasteiger charge is 2.05. The van der Waals surface area contributed by atoms with E-state index in [1.54, 1.807) is 24.3 Å². The van der Waals surface area contributed by atoms with E-state index in [1.165, 1.54) is 18.2 Å². The predicted octanol–water partition coefficient (Wildman–Crippen LogP) is 3.35. The Morgan fingerprint density at radius 1 is 1.00 bits per heavy atom. The van der Waals surface area contributed by atoms with Crippen molar-refractivity contribution in [1.82, 2.24) is 0 Å². The number of aromatic hydroxyl groups is 2. The van der Waals surface area contributed by atoms with Crippen molar-refractivity contribution < 1.29 is 19.3 Å². The minimum Gasteiger partial charge on any atom is -0.508 e. The van der Waals surface area contributed by atoms with Crippen LogP contribution >= 0.6 is 8.69 Å². The van der Waals surface area contributed by atoms with Crippen LogP contribution in [-0.4, -0.2) is 10.2 Å². The standard InChI is InChI=1S/C12H9O4P/c13-9-3-6-12(14)11(7-9)8-1-4-10(5-2-8)16-17-15/h1-7,13-14H. The Morgan fingerprint density at radius 2 is 1.71 bits per heavy atom. The molecule has 0 radical (unpaired) electrons. The van der Waals surface area contributed by atoms with Crippen molar-refractivity contribution in [3.8, 4) is 28.4 Å². The quantitative estimate of drug-likeness (QED) is 0.645. The van der Waals surface area contributed by atoms with Crippen molar-refractivity contribution in [2.75, 3.05) is 0 Å². The summed E-state index contributed by atoms with van der Waals surface area (Å²) in [5, 5.41) is 19.0. The van der Waals surface area contributed by atoms with Gasteiger partial charge in [0.05, 0.1) is 0 Å². The average Bonchev–Trinajstić information content (AvgIpc) is 2.34. The first-order chi connectivity index (χ1) is 8.20. The molecule has 5 heteroatoms. The maximum atomic E-state index is 10.2. The lowest BCUT2D eigenvalue weighted by molar-refractivity contribution is 0.462. The molecule has 2 rings (SSSR count). The van der Waals surface area contributed by atoms with Gasteiger partial charge in [0.2, 0.25) is 0 Å². The molecule has 0 heterocycles. The second-order valence-corrected chi connectivity index (χ2v) is 3.72. The number of phenolic OH excluding ortho intramolecular Hbond substituents is 2. The van der Waals surface area contributed by atoms with Crippen LogP contribution in [0.5, 0.6) is 17.2 Å². The third-order valence-corrected chi connectivity index (χ3v) is 2.57. The Morgan fingerprint density at radius 3 is 2.35 bits per heavy atom. The molecule has 0 aliphatic rings. The predicted molar refractivity (Wildman–Crippen MR) is 63.4 cm³/mol. The van der Waals surface area contributed by atoms with E-state index >= 15 is 0 Å². The zero-order valence-corrected chi connectivity index (χ0v) is 9.59. The van der Waals surface area contributed by atoms with E-state index in [4.69, 9.17) is 4.52 Å². The first-order valence-electron chi connectivity index (χ1n) is 4.83. The third kappa shape index (κ3) is 2.55. The lowest BCUT2D eigenvalue weighted by Gasteiger charge is -2.06. The molecule has 2 aromatic carbocycles. The van der Waals surface area contributed by atoms with E-state index in [2.05, 4.69) is 0 Å². The highest BCUT2D eigenvalue weighted by Crippen LogP contribution is 2.33. The average molecular weight is 248 g/mol. The lowest BCUT2D eigenvalue weighted by Crippen LogP contribution is -1.80. The number of rotatable bonds is 3. The maximum absolute atomic E-state index is 10.2. The zero-order chi connectivity index (χ0) is 12.3. The Hall–Kier alpha value is -2.06. The molecule has 0 aliphatic carbocycles. The van der Waals surface area contributed by atoms with E-state index in [1.807, 2.05) is 0 Å². The fourth-order valence-electron chi connectivity index (χ4n) is 1.49. The lowest BCUT2D eigenvalue weighted by atomic mass is 10.0. The molecular formula is C12H9O4P. The summed E-state index contributed by atoms with van der Waals surface area (Å²) in [6.07, 6.45) is 0. The van der Waals surface area contributed by atoms with Crippen molar-refractivity contribution in [2.24, 2.45) is 0 Å². The summed E-state index contributed by atoms with van der Waals surface area (Å²) >= 11 is 0. The number of hydrogen-bond donors (Lipinski definition) is 2. The highest BCUT2D eigenvalue weighted by molar-refractivity contribution is 7.17. The van der Waals surface area contributed by atoms with Crippen molar-refractivity contribution in [1.29, 1.82) is 0 Å². The molecule has 0 spiro atoms. The van der Waals surface area contributed by atoms with Crippen LogP contribution in [0.4, 0.5) is 0 Å². The SMILES string of the molecule is O=POc1ccc(-c2cc(O)ccc2O)cc1. The van der Waals surface area contributed by atoms with Crippen LogP contribution in [0, 0.1) is 0 Å².